The Morgan fingerprint density at radius 2 is 1.91 bits per heavy atom. The second-order valence-electron chi connectivity index (χ2n) is 9.02. The highest BCUT2D eigenvalue weighted by Gasteiger charge is 2.48. The van der Waals surface area contributed by atoms with E-state index in [1.165, 1.54) is 18.4 Å². The largest absolute Gasteiger partial charge is 0.487 e. The summed E-state index contributed by atoms with van der Waals surface area (Å²) in [6.45, 7) is 4.71. The molecule has 3 aromatic rings. The molecule has 1 saturated heterocycles. The number of aliphatic hydroxyl groups is 1. The van der Waals surface area contributed by atoms with Gasteiger partial charge in [0, 0.05) is 51.3 Å². The van der Waals surface area contributed by atoms with Crippen molar-refractivity contribution in [2.24, 2.45) is 0 Å². The predicted molar refractivity (Wildman–Crippen MR) is 128 cm³/mol. The van der Waals surface area contributed by atoms with Gasteiger partial charge in [-0.25, -0.2) is 9.37 Å². The number of aryl methyl sites for hydroxylation is 1. The van der Waals surface area contributed by atoms with E-state index in [-0.39, 0.29) is 23.7 Å². The third-order valence-corrected chi connectivity index (χ3v) is 6.74. The molecule has 4 atom stereocenters. The molecule has 2 aromatic carbocycles. The summed E-state index contributed by atoms with van der Waals surface area (Å²) in [5.41, 5.74) is 1.36. The first kappa shape index (κ1) is 23.3. The molecule has 184 valence electrons. The Morgan fingerprint density at radius 3 is 2.60 bits per heavy atom. The predicted octanol–water partition coefficient (Wildman–Crippen LogP) is 2.62. The molecule has 0 unspecified atom stereocenters. The molecule has 2 fully saturated rings. The molecule has 0 bridgehead atoms. The Labute approximate surface area is 203 Å². The maximum atomic E-state index is 13.7. The number of hydrogen-bond donors (Lipinski definition) is 2. The highest BCUT2D eigenvalue weighted by atomic mass is 19.1. The molecule has 2 N–H and O–H groups in total. The molecule has 5 rings (SSSR count). The zero-order valence-electron chi connectivity index (χ0n) is 19.5. The van der Waals surface area contributed by atoms with E-state index in [1.54, 1.807) is 19.1 Å². The Bertz CT molecular complexity index is 1150. The zero-order valence-corrected chi connectivity index (χ0v) is 19.5. The first-order valence-corrected chi connectivity index (χ1v) is 11.9. The van der Waals surface area contributed by atoms with Gasteiger partial charge in [-0.1, -0.05) is 24.3 Å². The lowest BCUT2D eigenvalue weighted by Gasteiger charge is -2.42. The fourth-order valence-electron chi connectivity index (χ4n) is 5.06. The van der Waals surface area contributed by atoms with Gasteiger partial charge in [0.2, 0.25) is 0 Å². The van der Waals surface area contributed by atoms with Gasteiger partial charge in [-0.2, -0.15) is 0 Å². The summed E-state index contributed by atoms with van der Waals surface area (Å²) in [6, 6.07) is 15.3. The number of amides is 1. The number of carbonyl (C=O) groups is 1. The van der Waals surface area contributed by atoms with Crippen molar-refractivity contribution in [3.8, 4) is 5.75 Å². The van der Waals surface area contributed by atoms with Gasteiger partial charge >= 0.3 is 0 Å². The molecule has 0 spiro atoms. The highest BCUT2D eigenvalue weighted by molar-refractivity contribution is 5.92. The summed E-state index contributed by atoms with van der Waals surface area (Å²) in [4.78, 5) is 21.5. The minimum atomic E-state index is -0.870. The highest BCUT2D eigenvalue weighted by Crippen LogP contribution is 2.31. The van der Waals surface area contributed by atoms with Crippen LogP contribution >= 0.6 is 0 Å². The Morgan fingerprint density at radius 1 is 1.14 bits per heavy atom. The van der Waals surface area contributed by atoms with Gasteiger partial charge < -0.3 is 24.5 Å². The fraction of sp³-hybridized carbons (Fsp3) is 0.385. The van der Waals surface area contributed by atoms with E-state index >= 15 is 0 Å². The zero-order chi connectivity index (χ0) is 24.4. The maximum absolute atomic E-state index is 13.7. The summed E-state index contributed by atoms with van der Waals surface area (Å²) >= 11 is 0. The molecule has 9 heteroatoms. The van der Waals surface area contributed by atoms with Crippen molar-refractivity contribution in [1.82, 2.24) is 15.2 Å². The van der Waals surface area contributed by atoms with Crippen LogP contribution in [0.4, 0.5) is 10.1 Å². The smallest absolute Gasteiger partial charge is 0.273 e. The summed E-state index contributed by atoms with van der Waals surface area (Å²) in [5, 5.41) is 14.3. The van der Waals surface area contributed by atoms with Crippen molar-refractivity contribution in [1.29, 1.82) is 0 Å². The van der Waals surface area contributed by atoms with E-state index < -0.39 is 18.0 Å². The normalized spacial score (nSPS) is 24.9. The molecule has 1 aromatic heterocycles. The summed E-state index contributed by atoms with van der Waals surface area (Å²) in [7, 11) is 0. The fourth-order valence-corrected chi connectivity index (χ4v) is 5.06. The first-order chi connectivity index (χ1) is 17.0. The monoisotopic (exact) mass is 480 g/mol. The molecule has 1 aliphatic carbocycles. The van der Waals surface area contributed by atoms with E-state index in [2.05, 4.69) is 32.2 Å². The van der Waals surface area contributed by atoms with Gasteiger partial charge in [-0.3, -0.25) is 9.69 Å². The van der Waals surface area contributed by atoms with Gasteiger partial charge in [0.15, 0.2) is 11.6 Å². The molecule has 2 heterocycles. The van der Waals surface area contributed by atoms with E-state index in [0.717, 1.165) is 31.9 Å². The minimum Gasteiger partial charge on any atom is -0.487 e. The Kier molecular flexibility index (Phi) is 6.70. The molecule has 8 nitrogen and oxygen atoms in total. The van der Waals surface area contributed by atoms with Gasteiger partial charge in [0.05, 0.1) is 12.1 Å². The summed E-state index contributed by atoms with van der Waals surface area (Å²) in [6.07, 6.45) is 0.234. The van der Waals surface area contributed by atoms with Crippen molar-refractivity contribution >= 4 is 11.6 Å². The standard InChI is InChI=1S/C26H29FN4O4/c1-17-28-22(16-34-17)26(33)29-21-15-23(35-20-9-5-6-18(27)14-20)25(32)24(21)31-12-10-30(11-13-31)19-7-3-2-4-8-19/h2-9,14,16,21,23-25,32H,10-13,15H2,1H3,(H,29,33)/t21-,23-,24+,25+/m1/s1. The molecule has 0 radical (unpaired) electrons. The quantitative estimate of drug-likeness (QED) is 0.561. The van der Waals surface area contributed by atoms with Crippen LogP contribution in [0.25, 0.3) is 0 Å². The number of aromatic nitrogens is 1. The lowest BCUT2D eigenvalue weighted by Crippen LogP contribution is -2.59. The van der Waals surface area contributed by atoms with Gasteiger partial charge in [0.25, 0.3) is 5.91 Å². The number of nitrogens with zero attached hydrogens (tertiary/aromatic N) is 3. The van der Waals surface area contributed by atoms with Crippen molar-refractivity contribution in [3.63, 3.8) is 0 Å². The maximum Gasteiger partial charge on any atom is 0.273 e. The van der Waals surface area contributed by atoms with Crippen LogP contribution in [-0.4, -0.2) is 71.4 Å². The van der Waals surface area contributed by atoms with Crippen LogP contribution < -0.4 is 15.0 Å². The molecule has 1 saturated carbocycles. The SMILES string of the molecule is Cc1nc(C(=O)N[C@@H]2C[C@@H](Oc3cccc(F)c3)[C@H](O)[C@H]2N2CCN(c3ccccc3)CC2)co1. The molecular weight excluding hydrogens is 451 g/mol. The van der Waals surface area contributed by atoms with Crippen molar-refractivity contribution in [2.75, 3.05) is 31.1 Å². The van der Waals surface area contributed by atoms with E-state index in [4.69, 9.17) is 9.15 Å². The van der Waals surface area contributed by atoms with Crippen molar-refractivity contribution < 1.29 is 23.4 Å². The number of oxazole rings is 1. The van der Waals surface area contributed by atoms with Crippen LogP contribution in [0.15, 0.2) is 65.3 Å². The number of halogens is 1. The average molecular weight is 481 g/mol. The van der Waals surface area contributed by atoms with Crippen molar-refractivity contribution in [3.05, 3.63) is 78.3 Å². The Balaban J connectivity index is 1.32. The molecule has 1 amide bonds. The number of piperazine rings is 1. The number of carbonyl (C=O) groups excluding carboxylic acids is 1. The molecule has 2 aliphatic rings. The van der Waals surface area contributed by atoms with Crippen LogP contribution in [0.1, 0.15) is 22.8 Å². The van der Waals surface area contributed by atoms with Crippen LogP contribution in [0.3, 0.4) is 0 Å². The third-order valence-electron chi connectivity index (χ3n) is 6.74. The molecular formula is C26H29FN4O4. The number of aliphatic hydroxyl groups excluding tert-OH is 1. The number of anilines is 1. The number of hydrogen-bond acceptors (Lipinski definition) is 7. The Hall–Kier alpha value is -3.43. The summed E-state index contributed by atoms with van der Waals surface area (Å²) < 4.78 is 24.9. The lowest BCUT2D eigenvalue weighted by atomic mass is 10.1. The van der Waals surface area contributed by atoms with E-state index in [0.29, 0.717) is 18.1 Å². The van der Waals surface area contributed by atoms with E-state index in [9.17, 15) is 14.3 Å². The van der Waals surface area contributed by atoms with Crippen molar-refractivity contribution in [2.45, 2.75) is 37.6 Å². The van der Waals surface area contributed by atoms with Gasteiger partial charge in [0.1, 0.15) is 30.0 Å². The minimum absolute atomic E-state index is 0.194. The number of rotatable bonds is 6. The van der Waals surface area contributed by atoms with Crippen LogP contribution in [0.5, 0.6) is 5.75 Å². The van der Waals surface area contributed by atoms with E-state index in [1.807, 2.05) is 18.2 Å². The topological polar surface area (TPSA) is 91.1 Å². The molecule has 1 aliphatic heterocycles. The first-order valence-electron chi connectivity index (χ1n) is 11.9. The van der Waals surface area contributed by atoms with Crippen LogP contribution in [-0.2, 0) is 0 Å². The number of nitrogens with one attached hydrogen (secondary N) is 1. The average Bonchev–Trinajstić information content (AvgIpc) is 3.43. The van der Waals surface area contributed by atoms with Crippen LogP contribution in [0.2, 0.25) is 0 Å². The number of benzene rings is 2. The lowest BCUT2D eigenvalue weighted by molar-refractivity contribution is 0.00527. The van der Waals surface area contributed by atoms with Crippen LogP contribution in [0, 0.1) is 12.7 Å². The van der Waals surface area contributed by atoms with Gasteiger partial charge in [-0.05, 0) is 24.3 Å². The van der Waals surface area contributed by atoms with Gasteiger partial charge in [-0.15, -0.1) is 0 Å². The number of ether oxygens (including phenoxy) is 1. The summed E-state index contributed by atoms with van der Waals surface area (Å²) in [5.74, 6) is -0.0171. The molecule has 35 heavy (non-hydrogen) atoms. The second-order valence-corrected chi connectivity index (χ2v) is 9.02. The second kappa shape index (κ2) is 10.1. The third kappa shape index (κ3) is 5.16. The number of para-hydroxylation sites is 1.